The van der Waals surface area contributed by atoms with Crippen molar-refractivity contribution < 1.29 is 28.4 Å². The van der Waals surface area contributed by atoms with Crippen LogP contribution < -0.4 is 11.2 Å². The summed E-state index contributed by atoms with van der Waals surface area (Å²) >= 11 is 3.75. The third-order valence-corrected chi connectivity index (χ3v) is 5.33. The lowest BCUT2D eigenvalue weighted by molar-refractivity contribution is -0.151. The molecule has 0 radical (unpaired) electrons. The number of amides is 1. The molecule has 1 heterocycles. The fourth-order valence-corrected chi connectivity index (χ4v) is 2.33. The zero-order chi connectivity index (χ0) is 28.1. The van der Waals surface area contributed by atoms with Crippen molar-refractivity contribution in [2.24, 2.45) is 5.73 Å². The minimum Gasteiger partial charge on any atom is -0.459 e. The molecule has 1 saturated heterocycles. The predicted molar refractivity (Wildman–Crippen MR) is 148 cm³/mol. The second-order valence-corrected chi connectivity index (χ2v) is 11.2. The Morgan fingerprint density at radius 1 is 1.00 bits per heavy atom. The van der Waals surface area contributed by atoms with Gasteiger partial charge in [-0.2, -0.15) is 12.6 Å². The maximum atomic E-state index is 10.5. The van der Waals surface area contributed by atoms with Crippen molar-refractivity contribution in [2.45, 2.75) is 105 Å². The van der Waals surface area contributed by atoms with E-state index in [0.717, 1.165) is 11.9 Å². The number of ether oxygens (including phenoxy) is 2. The normalized spacial score (nSPS) is 15.9. The molecular weight excluding hydrogens is 465 g/mol. The van der Waals surface area contributed by atoms with Crippen molar-refractivity contribution >= 4 is 37.6 Å². The van der Waals surface area contributed by atoms with Crippen LogP contribution in [0.2, 0.25) is 0 Å². The summed E-state index contributed by atoms with van der Waals surface area (Å²) < 4.78 is 21.8. The first-order valence-electron chi connectivity index (χ1n) is 11.8. The summed E-state index contributed by atoms with van der Waals surface area (Å²) in [6, 6.07) is 8.47. The zero-order valence-electron chi connectivity index (χ0n) is 23.9. The molecule has 0 atom stereocenters. The van der Waals surface area contributed by atoms with Crippen molar-refractivity contribution in [1.29, 1.82) is 0 Å². The molecule has 0 saturated carbocycles. The number of benzene rings is 1. The highest BCUT2D eigenvalue weighted by molar-refractivity contribution is 7.81. The summed E-state index contributed by atoms with van der Waals surface area (Å²) in [5.41, 5.74) is 5.74. The van der Waals surface area contributed by atoms with E-state index >= 15 is 0 Å². The first-order valence-corrected chi connectivity index (χ1v) is 12.4. The Morgan fingerprint density at radius 3 is 1.60 bits per heavy atom. The Morgan fingerprint density at radius 2 is 1.37 bits per heavy atom. The highest BCUT2D eigenvalue weighted by Crippen LogP contribution is 2.36. The van der Waals surface area contributed by atoms with Crippen LogP contribution in [0.4, 0.5) is 0 Å². The smallest absolute Gasteiger partial charge is 0.459 e. The Hall–Kier alpha value is -1.55. The van der Waals surface area contributed by atoms with Crippen molar-refractivity contribution in [3.05, 3.63) is 29.8 Å². The number of carbonyl (C=O) groups is 2. The lowest BCUT2D eigenvalue weighted by atomic mass is 9.79. The summed E-state index contributed by atoms with van der Waals surface area (Å²) in [5.74, 6) is -0.122. The van der Waals surface area contributed by atoms with Gasteiger partial charge in [0.1, 0.15) is 5.60 Å². The topological polar surface area (TPSA) is 97.1 Å². The molecule has 0 aliphatic carbocycles. The molecule has 202 valence electrons. The van der Waals surface area contributed by atoms with E-state index in [1.807, 2.05) is 41.5 Å². The molecule has 1 amide bonds. The molecular formula is C26H48BNO6S. The van der Waals surface area contributed by atoms with E-state index in [1.54, 1.807) is 7.11 Å². The second kappa shape index (κ2) is 15.5. The summed E-state index contributed by atoms with van der Waals surface area (Å²) in [7, 11) is 1.46. The molecule has 2 rings (SSSR count). The van der Waals surface area contributed by atoms with Crippen LogP contribution in [0.1, 0.15) is 81.7 Å². The third-order valence-electron chi connectivity index (χ3n) is 5.07. The average Bonchev–Trinajstić information content (AvgIpc) is 2.95. The highest BCUT2D eigenvalue weighted by atomic mass is 32.1. The van der Waals surface area contributed by atoms with Crippen LogP contribution in [-0.4, -0.2) is 54.8 Å². The van der Waals surface area contributed by atoms with Gasteiger partial charge in [0.15, 0.2) is 0 Å². The SMILES string of the molecule is CC(C)(C)OC(=O)CS.CCc1ccc(B2OC(C)(C)C(C)(C)O2)cc1.COC(C)(C)C.NC=O. The van der Waals surface area contributed by atoms with Gasteiger partial charge in [0.2, 0.25) is 6.41 Å². The maximum absolute atomic E-state index is 10.5. The molecule has 2 N–H and O–H groups in total. The highest BCUT2D eigenvalue weighted by Gasteiger charge is 2.51. The number of thiol groups is 1. The number of aryl methyl sites for hydroxylation is 1. The Bertz CT molecular complexity index is 724. The number of esters is 1. The van der Waals surface area contributed by atoms with Crippen LogP contribution >= 0.6 is 12.6 Å². The standard InChI is InChI=1S/C14H21BO2.C6H12O2S.C5H12O.CH3NO/c1-6-11-7-9-12(10-8-11)15-16-13(2,3)14(4,5)17-15;1-6(2,3)8-5(7)4-9;1-5(2,3)6-4;2-1-3/h7-10H,6H2,1-5H3;9H,4H2,1-3H3;1-4H3;1H,(H2,2,3). The van der Waals surface area contributed by atoms with Crippen LogP contribution in [-0.2, 0) is 34.8 Å². The van der Waals surface area contributed by atoms with Gasteiger partial charge in [0.05, 0.1) is 22.6 Å². The molecule has 1 aromatic carbocycles. The van der Waals surface area contributed by atoms with Gasteiger partial charge in [-0.25, -0.2) is 0 Å². The van der Waals surface area contributed by atoms with Gasteiger partial charge < -0.3 is 24.5 Å². The van der Waals surface area contributed by atoms with Crippen LogP contribution in [0.3, 0.4) is 0 Å². The first kappa shape index (κ1) is 35.6. The van der Waals surface area contributed by atoms with Crippen LogP contribution in [0.25, 0.3) is 0 Å². The van der Waals surface area contributed by atoms with E-state index in [1.165, 1.54) is 5.56 Å². The minimum absolute atomic E-state index is 0.0417. The molecule has 35 heavy (non-hydrogen) atoms. The summed E-state index contributed by atoms with van der Waals surface area (Å²) in [4.78, 5) is 19.1. The summed E-state index contributed by atoms with van der Waals surface area (Å²) in [6.45, 7) is 22.0. The lowest BCUT2D eigenvalue weighted by Gasteiger charge is -2.32. The molecule has 0 unspecified atom stereocenters. The number of hydrogen-bond acceptors (Lipinski definition) is 7. The van der Waals surface area contributed by atoms with E-state index in [2.05, 4.69) is 77.2 Å². The molecule has 1 aromatic rings. The largest absolute Gasteiger partial charge is 0.494 e. The van der Waals surface area contributed by atoms with Crippen LogP contribution in [0.15, 0.2) is 24.3 Å². The van der Waals surface area contributed by atoms with E-state index in [4.69, 9.17) is 23.6 Å². The van der Waals surface area contributed by atoms with Crippen molar-refractivity contribution in [3.8, 4) is 0 Å². The van der Waals surface area contributed by atoms with E-state index in [-0.39, 0.29) is 47.7 Å². The van der Waals surface area contributed by atoms with Crippen molar-refractivity contribution in [1.82, 2.24) is 0 Å². The lowest BCUT2D eigenvalue weighted by Crippen LogP contribution is -2.41. The molecule has 0 aromatic heterocycles. The number of hydrogen-bond donors (Lipinski definition) is 2. The minimum atomic E-state index is -0.375. The number of nitrogens with two attached hydrogens (primary N) is 1. The fourth-order valence-electron chi connectivity index (χ4n) is 2.26. The second-order valence-electron chi connectivity index (χ2n) is 10.9. The summed E-state index contributed by atoms with van der Waals surface area (Å²) in [6.07, 6.45) is 1.31. The Labute approximate surface area is 219 Å². The van der Waals surface area contributed by atoms with Gasteiger partial charge >= 0.3 is 13.1 Å². The van der Waals surface area contributed by atoms with E-state index in [9.17, 15) is 4.79 Å². The van der Waals surface area contributed by atoms with Gasteiger partial charge in [-0.15, -0.1) is 0 Å². The number of carbonyl (C=O) groups excluding carboxylic acids is 2. The zero-order valence-corrected chi connectivity index (χ0v) is 24.7. The van der Waals surface area contributed by atoms with Crippen molar-refractivity contribution in [2.75, 3.05) is 12.9 Å². The van der Waals surface area contributed by atoms with E-state index < -0.39 is 0 Å². The van der Waals surface area contributed by atoms with Gasteiger partial charge in [-0.05, 0) is 86.7 Å². The van der Waals surface area contributed by atoms with Crippen LogP contribution in [0, 0.1) is 0 Å². The molecule has 1 aliphatic heterocycles. The number of methoxy groups -OCH3 is 1. The van der Waals surface area contributed by atoms with Gasteiger partial charge in [-0.1, -0.05) is 31.2 Å². The number of rotatable bonds is 3. The molecule has 0 bridgehead atoms. The van der Waals surface area contributed by atoms with E-state index in [0.29, 0.717) is 0 Å². The molecule has 7 nitrogen and oxygen atoms in total. The fraction of sp³-hybridized carbons (Fsp3) is 0.692. The van der Waals surface area contributed by atoms with Gasteiger partial charge in [0, 0.05) is 7.11 Å². The average molecular weight is 514 g/mol. The summed E-state index contributed by atoms with van der Waals surface area (Å²) in [5, 5.41) is 0. The number of primary amides is 1. The molecule has 1 fully saturated rings. The third kappa shape index (κ3) is 15.9. The monoisotopic (exact) mass is 513 g/mol. The predicted octanol–water partition coefficient (Wildman–Crippen LogP) is 4.34. The van der Waals surface area contributed by atoms with Gasteiger partial charge in [-0.3, -0.25) is 9.59 Å². The van der Waals surface area contributed by atoms with Crippen molar-refractivity contribution in [3.63, 3.8) is 0 Å². The Balaban J connectivity index is 0. The maximum Gasteiger partial charge on any atom is 0.494 e. The quantitative estimate of drug-likeness (QED) is 0.270. The Kier molecular flexibility index (Phi) is 15.8. The molecule has 1 aliphatic rings. The van der Waals surface area contributed by atoms with Gasteiger partial charge in [0.25, 0.3) is 0 Å². The molecule has 9 heteroatoms. The van der Waals surface area contributed by atoms with Crippen LogP contribution in [0.5, 0.6) is 0 Å². The molecule has 0 spiro atoms. The first-order chi connectivity index (χ1) is 15.8.